The second-order valence-corrected chi connectivity index (χ2v) is 5.65. The van der Waals surface area contributed by atoms with Gasteiger partial charge >= 0.3 is 0 Å². The lowest BCUT2D eigenvalue weighted by Crippen LogP contribution is -2.12. The molecule has 8 heteroatoms. The van der Waals surface area contributed by atoms with Crippen molar-refractivity contribution in [2.75, 3.05) is 12.3 Å². The lowest BCUT2D eigenvalue weighted by Gasteiger charge is -2.14. The van der Waals surface area contributed by atoms with Gasteiger partial charge in [0, 0.05) is 35.2 Å². The standard InChI is InChI=1S/C17H15FN6O/c18-13-3-1-11(2-4-13)17-14(12-5-7-20-15(19)9-12)10-24(22-17)16-6-8-25-23-21-16/h1-5,7,9-10,16H,6,8H2,(H2,19,20). The Hall–Kier alpha value is -3.29. The number of nitrogen functional groups attached to an aromatic ring is 1. The number of halogens is 1. The zero-order valence-electron chi connectivity index (χ0n) is 13.2. The fourth-order valence-corrected chi connectivity index (χ4v) is 2.72. The Morgan fingerprint density at radius 3 is 2.72 bits per heavy atom. The predicted molar refractivity (Wildman–Crippen MR) is 89.7 cm³/mol. The SMILES string of the molecule is Nc1cc(-c2cn(C3CCON=N3)nc2-c2ccc(F)cc2)ccn1. The molecule has 0 saturated carbocycles. The van der Waals surface area contributed by atoms with Crippen molar-refractivity contribution in [2.24, 2.45) is 10.4 Å². The van der Waals surface area contributed by atoms with Crippen LogP contribution in [-0.4, -0.2) is 21.4 Å². The third-order valence-corrected chi connectivity index (χ3v) is 3.95. The number of aromatic nitrogens is 3. The molecule has 3 heterocycles. The van der Waals surface area contributed by atoms with Gasteiger partial charge in [-0.25, -0.2) is 14.1 Å². The number of hydrogen-bond donors (Lipinski definition) is 1. The highest BCUT2D eigenvalue weighted by molar-refractivity contribution is 5.81. The summed E-state index contributed by atoms with van der Waals surface area (Å²) >= 11 is 0. The summed E-state index contributed by atoms with van der Waals surface area (Å²) in [5.41, 5.74) is 9.07. The summed E-state index contributed by atoms with van der Waals surface area (Å²) in [6, 6.07) is 9.85. The van der Waals surface area contributed by atoms with Gasteiger partial charge in [-0.1, -0.05) is 0 Å². The van der Waals surface area contributed by atoms with Gasteiger partial charge in [-0.2, -0.15) is 5.10 Å². The molecule has 0 amide bonds. The molecule has 0 radical (unpaired) electrons. The number of rotatable bonds is 3. The van der Waals surface area contributed by atoms with Crippen molar-refractivity contribution in [3.8, 4) is 22.4 Å². The van der Waals surface area contributed by atoms with Crippen molar-refractivity contribution in [3.63, 3.8) is 0 Å². The van der Waals surface area contributed by atoms with Crippen molar-refractivity contribution in [1.82, 2.24) is 14.8 Å². The fourth-order valence-electron chi connectivity index (χ4n) is 2.72. The van der Waals surface area contributed by atoms with Crippen LogP contribution in [0.2, 0.25) is 0 Å². The molecule has 1 aliphatic heterocycles. The van der Waals surface area contributed by atoms with Gasteiger partial charge in [0.15, 0.2) is 6.17 Å². The maximum Gasteiger partial charge on any atom is 0.169 e. The van der Waals surface area contributed by atoms with E-state index >= 15 is 0 Å². The molecule has 0 aliphatic carbocycles. The molecule has 1 atom stereocenters. The molecule has 1 unspecified atom stereocenters. The van der Waals surface area contributed by atoms with E-state index in [1.165, 1.54) is 12.1 Å². The first-order valence-electron chi connectivity index (χ1n) is 7.80. The molecule has 3 aromatic rings. The Morgan fingerprint density at radius 2 is 2.00 bits per heavy atom. The summed E-state index contributed by atoms with van der Waals surface area (Å²) in [4.78, 5) is 8.93. The number of hydrogen-bond acceptors (Lipinski definition) is 6. The minimum absolute atomic E-state index is 0.235. The summed E-state index contributed by atoms with van der Waals surface area (Å²) in [6.45, 7) is 0.484. The van der Waals surface area contributed by atoms with Crippen LogP contribution in [-0.2, 0) is 4.84 Å². The third kappa shape index (κ3) is 3.06. The predicted octanol–water partition coefficient (Wildman–Crippen LogP) is 3.62. The summed E-state index contributed by atoms with van der Waals surface area (Å²) < 4.78 is 15.0. The maximum atomic E-state index is 13.3. The van der Waals surface area contributed by atoms with E-state index in [1.807, 2.05) is 12.3 Å². The molecule has 0 spiro atoms. The van der Waals surface area contributed by atoms with Gasteiger partial charge in [0.05, 0.1) is 0 Å². The number of anilines is 1. The van der Waals surface area contributed by atoms with E-state index in [2.05, 4.69) is 20.5 Å². The molecule has 0 saturated heterocycles. The van der Waals surface area contributed by atoms with Crippen LogP contribution in [0.1, 0.15) is 12.6 Å². The lowest BCUT2D eigenvalue weighted by atomic mass is 10.0. The quantitative estimate of drug-likeness (QED) is 0.789. The van der Waals surface area contributed by atoms with E-state index in [4.69, 9.17) is 10.6 Å². The Kier molecular flexibility index (Phi) is 3.85. The van der Waals surface area contributed by atoms with Gasteiger partial charge in [-0.3, -0.25) is 0 Å². The first kappa shape index (κ1) is 15.3. The van der Waals surface area contributed by atoms with Crippen molar-refractivity contribution in [2.45, 2.75) is 12.6 Å². The van der Waals surface area contributed by atoms with E-state index in [0.29, 0.717) is 24.5 Å². The highest BCUT2D eigenvalue weighted by Gasteiger charge is 2.20. The summed E-state index contributed by atoms with van der Waals surface area (Å²) in [6.07, 6.45) is 3.97. The molecule has 1 aliphatic rings. The molecule has 2 aromatic heterocycles. The molecule has 1 aromatic carbocycles. The van der Waals surface area contributed by atoms with Crippen LogP contribution in [0.15, 0.2) is 59.2 Å². The minimum Gasteiger partial charge on any atom is -0.384 e. The second kappa shape index (κ2) is 6.31. The first-order valence-corrected chi connectivity index (χ1v) is 7.80. The summed E-state index contributed by atoms with van der Waals surface area (Å²) in [5, 5.41) is 12.4. The lowest BCUT2D eigenvalue weighted by molar-refractivity contribution is 0.0698. The molecule has 0 bridgehead atoms. The molecular formula is C17H15FN6O. The molecular weight excluding hydrogens is 323 g/mol. The molecule has 2 N–H and O–H groups in total. The molecule has 25 heavy (non-hydrogen) atoms. The Labute approximate surface area is 142 Å². The highest BCUT2D eigenvalue weighted by atomic mass is 19.1. The number of pyridine rings is 1. The average Bonchev–Trinajstić information content (AvgIpc) is 3.08. The molecule has 0 fully saturated rings. The van der Waals surface area contributed by atoms with E-state index in [0.717, 1.165) is 16.7 Å². The molecule has 126 valence electrons. The van der Waals surface area contributed by atoms with Crippen LogP contribution < -0.4 is 5.73 Å². The van der Waals surface area contributed by atoms with Gasteiger partial charge < -0.3 is 10.6 Å². The van der Waals surface area contributed by atoms with Gasteiger partial charge in [-0.05, 0) is 42.0 Å². The van der Waals surface area contributed by atoms with Crippen molar-refractivity contribution < 1.29 is 9.23 Å². The second-order valence-electron chi connectivity index (χ2n) is 5.65. The van der Waals surface area contributed by atoms with Gasteiger partial charge in [0.25, 0.3) is 0 Å². The Bertz CT molecular complexity index is 921. The first-order chi connectivity index (χ1) is 12.2. The van der Waals surface area contributed by atoms with E-state index in [1.54, 1.807) is 29.1 Å². The maximum absolute atomic E-state index is 13.3. The van der Waals surface area contributed by atoms with Crippen molar-refractivity contribution in [3.05, 3.63) is 54.6 Å². The normalized spacial score (nSPS) is 16.6. The van der Waals surface area contributed by atoms with Crippen molar-refractivity contribution >= 4 is 5.82 Å². The zero-order chi connectivity index (χ0) is 17.2. The summed E-state index contributed by atoms with van der Waals surface area (Å²) in [5.74, 6) is 0.122. The molecule has 4 rings (SSSR count). The summed E-state index contributed by atoms with van der Waals surface area (Å²) in [7, 11) is 0. The number of benzene rings is 1. The Balaban J connectivity index is 1.85. The minimum atomic E-state index is -0.295. The van der Waals surface area contributed by atoms with Crippen LogP contribution in [0.3, 0.4) is 0 Å². The van der Waals surface area contributed by atoms with Crippen LogP contribution in [0.4, 0.5) is 10.2 Å². The van der Waals surface area contributed by atoms with Gasteiger partial charge in [-0.15, -0.1) is 5.11 Å². The number of nitrogens with two attached hydrogens (primary N) is 1. The average molecular weight is 338 g/mol. The van der Waals surface area contributed by atoms with Crippen molar-refractivity contribution in [1.29, 1.82) is 0 Å². The smallest absolute Gasteiger partial charge is 0.169 e. The largest absolute Gasteiger partial charge is 0.384 e. The number of nitrogens with zero attached hydrogens (tertiary/aromatic N) is 5. The van der Waals surface area contributed by atoms with Crippen LogP contribution in [0.5, 0.6) is 0 Å². The van der Waals surface area contributed by atoms with Crippen LogP contribution in [0.25, 0.3) is 22.4 Å². The highest BCUT2D eigenvalue weighted by Crippen LogP contribution is 2.33. The van der Waals surface area contributed by atoms with E-state index < -0.39 is 0 Å². The van der Waals surface area contributed by atoms with E-state index in [-0.39, 0.29) is 12.0 Å². The van der Waals surface area contributed by atoms with Gasteiger partial charge in [0.1, 0.15) is 23.9 Å². The zero-order valence-corrected chi connectivity index (χ0v) is 13.2. The third-order valence-electron chi connectivity index (χ3n) is 3.95. The monoisotopic (exact) mass is 338 g/mol. The van der Waals surface area contributed by atoms with E-state index in [9.17, 15) is 4.39 Å². The fraction of sp³-hybridized carbons (Fsp3) is 0.176. The van der Waals surface area contributed by atoms with Crippen LogP contribution >= 0.6 is 0 Å². The van der Waals surface area contributed by atoms with Crippen LogP contribution in [0, 0.1) is 5.82 Å². The topological polar surface area (TPSA) is 90.7 Å². The Morgan fingerprint density at radius 1 is 1.16 bits per heavy atom. The van der Waals surface area contributed by atoms with Gasteiger partial charge in [0.2, 0.25) is 0 Å². The molecule has 7 nitrogen and oxygen atoms in total.